The molecule has 7 aliphatic rings. The Labute approximate surface area is 859 Å². The highest BCUT2D eigenvalue weighted by Gasteiger charge is 2.62. The number of nitrogens with one attached hydrogen (secondary N) is 6. The van der Waals surface area contributed by atoms with E-state index in [1.54, 1.807) is 61.6 Å². The monoisotopic (exact) mass is 2200 g/mol. The van der Waals surface area contributed by atoms with Gasteiger partial charge in [-0.05, 0) is 218 Å². The van der Waals surface area contributed by atoms with Crippen LogP contribution in [-0.2, 0) is 33.2 Å². The van der Waals surface area contributed by atoms with Crippen LogP contribution in [0.25, 0.3) is 67.0 Å². The molecule has 19 heterocycles. The number of imidazole rings is 6. The van der Waals surface area contributed by atoms with Gasteiger partial charge in [-0.15, -0.1) is 90.7 Å². The van der Waals surface area contributed by atoms with Crippen molar-refractivity contribution >= 4 is 158 Å². The van der Waals surface area contributed by atoms with Gasteiger partial charge in [-0.25, -0.2) is 64.2 Å². The average Bonchev–Trinajstić information content (AvgIpc) is 1.56. The highest BCUT2D eigenvalue weighted by Crippen LogP contribution is 2.53. The number of aromatic nitrogens is 24. The van der Waals surface area contributed by atoms with Crippen molar-refractivity contribution in [3.63, 3.8) is 0 Å². The third-order valence-electron chi connectivity index (χ3n) is 27.4. The molecule has 12 aromatic heterocycles. The summed E-state index contributed by atoms with van der Waals surface area (Å²) in [6, 6.07) is 0. The molecule has 814 valence electrons. The van der Waals surface area contributed by atoms with E-state index in [2.05, 4.69) is 207 Å². The minimum absolute atomic E-state index is 0.124. The molecule has 14 N–H and O–H groups in total. The Morgan fingerprint density at radius 1 is 0.378 bits per heavy atom. The Bertz CT molecular complexity index is 7240. The van der Waals surface area contributed by atoms with Crippen LogP contribution in [0.4, 0.5) is 4.39 Å². The molecule has 2 bridgehead atoms. The van der Waals surface area contributed by atoms with Crippen molar-refractivity contribution in [2.24, 2.45) is 5.92 Å². The molecule has 0 amide bonds. The number of ether oxygens (including phenoxy) is 7. The fraction of sp³-hybridized carbons (Fsp3) is 0.621. The van der Waals surface area contributed by atoms with Crippen molar-refractivity contribution in [1.82, 2.24) is 117 Å². The van der Waals surface area contributed by atoms with Gasteiger partial charge >= 0.3 is 0 Å². The summed E-state index contributed by atoms with van der Waals surface area (Å²) in [5.74, 6) is 2.66. The molecule has 0 aliphatic carbocycles. The SMILES string of the molecule is C=P(C)(C)CC[C@@]1(C)OC(n2cnc3c(=O)[nH]c(C)nc32)[C@H](C)[C@@H]1O.C=P(C)(C)CC[C@@]12CO[C@@H](C(n3cnc4c(=O)[nH]c(C)nc43)O1)[C@@H]2O.C=P(C)(C)CC[C@H]1OC(n2cnc3c(=O)[nH]c(C)nc32)[C@@](C)(O)[C@@H]1O.C=P(C)(C)CC[C@H]1OC(n2cnc3c(=O)[nH]c(C)nc32)[C@H](Cl)[C@@H]1O.C=P(C)(C)CC[C@H]1OC(n2cnc3c(=O)[nH]c(C)nc32)[C@H](F)[C@@H]1O.C=P(C)(C)CC[C@H]1OC(n2cnc3c(=O)[nH]c(C)nc32)[C@](C)(O)[C@@H]1O. The quantitative estimate of drug-likeness (QED) is 0.0245. The van der Waals surface area contributed by atoms with E-state index >= 15 is 0 Å². The maximum Gasteiger partial charge on any atom is 0.279 e. The first-order valence-electron chi connectivity index (χ1n) is 48.6. The lowest BCUT2D eigenvalue weighted by atomic mass is 9.90. The van der Waals surface area contributed by atoms with E-state index in [0.717, 1.165) is 43.4 Å². The maximum atomic E-state index is 14.6. The molecule has 53 heteroatoms. The summed E-state index contributed by atoms with van der Waals surface area (Å²) in [4.78, 5) is 138. The first-order valence-corrected chi connectivity index (χ1v) is 67.4. The van der Waals surface area contributed by atoms with Crippen LogP contribution in [0, 0.1) is 47.5 Å². The summed E-state index contributed by atoms with van der Waals surface area (Å²) in [6.07, 6.45) is 29.1. The first-order chi connectivity index (χ1) is 68.6. The summed E-state index contributed by atoms with van der Waals surface area (Å²) >= 11 is 6.40. The number of alkyl halides is 2. The number of aliphatic hydroxyl groups excluding tert-OH is 6. The van der Waals surface area contributed by atoms with Gasteiger partial charge in [0.15, 0.2) is 104 Å². The van der Waals surface area contributed by atoms with Gasteiger partial charge in [-0.2, -0.15) is 0 Å². The maximum absolute atomic E-state index is 14.6. The van der Waals surface area contributed by atoms with Gasteiger partial charge in [-0.1, -0.05) is 6.92 Å². The highest BCUT2D eigenvalue weighted by molar-refractivity contribution is 7.73. The van der Waals surface area contributed by atoms with Crippen molar-refractivity contribution in [3.8, 4) is 0 Å². The second kappa shape index (κ2) is 43.5. The molecule has 7 fully saturated rings. The predicted molar refractivity (Wildman–Crippen MR) is 587 cm³/mol. The Morgan fingerprint density at radius 2 is 0.655 bits per heavy atom. The van der Waals surface area contributed by atoms with Crippen LogP contribution in [0.2, 0.25) is 0 Å². The van der Waals surface area contributed by atoms with E-state index in [0.29, 0.717) is 102 Å². The standard InChI is InChI=1S/C17H27N4O3P.C16H23N4O4P.2C16H25N4O4P.C15H22ClN4O3P.C15H22FN4O3P/c1-10-13(22)17(3,7-8-25(4,5)6)24-16(10)21-9-18-12-14(21)19-11(2)20-15(12)23;1-9-18-13-10(14(22)19-9)17-8-20(13)15-11-12(21)16(24-15,7-23-11)5-6-25(2,3)4;2*1-9-18-13-11(14(22)19-9)17-8-20(13)15-16(2,23)12(21)10(24-15)6-7-25(3,4)5;2*1-8-18-13-11(14(22)19-8)17-7-20(13)15-10(16)12(21)9(23-15)5-6-24(2,3)4/h9-10,13,16,22H,4,7-8H2,1-3,5-6H3,(H,19,20,23);8,11-12,15,21H,2,5-7H2,1,3-4H3,(H,18,19,22);2*8,10,12,15,21,23H,3,6-7H2,1-2,4-5H3,(H,18,19,22);2*7,9-10,12,15,21H,2,5-6H2,1,3-4H3,(H,18,19,22)/t10-,13+,16?,17-;11-,12+,15?,16+;10-,12-,15?,16+;10-,12-,15?,16-;2*9-,10-,12-,15?/m111111/s1. The van der Waals surface area contributed by atoms with Crippen LogP contribution in [0.3, 0.4) is 0 Å². The summed E-state index contributed by atoms with van der Waals surface area (Å²) in [6.45, 7) is 35.6. The largest absolute Gasteiger partial charge is 0.390 e. The van der Waals surface area contributed by atoms with Crippen LogP contribution in [0.5, 0.6) is 0 Å². The van der Waals surface area contributed by atoms with Crippen molar-refractivity contribution in [2.45, 2.75) is 246 Å². The number of hydrogen-bond donors (Lipinski definition) is 14. The van der Waals surface area contributed by atoms with Crippen molar-refractivity contribution in [3.05, 3.63) is 135 Å². The first kappa shape index (κ1) is 115. The second-order valence-corrected chi connectivity index (χ2v) is 71.2. The lowest BCUT2D eigenvalue weighted by Gasteiger charge is -2.32. The van der Waals surface area contributed by atoms with E-state index in [1.807, 2.05) is 13.8 Å². The van der Waals surface area contributed by atoms with Crippen LogP contribution in [0.1, 0.15) is 139 Å². The Hall–Kier alpha value is -8.48. The van der Waals surface area contributed by atoms with E-state index in [-0.39, 0.29) is 84.1 Å². The lowest BCUT2D eigenvalue weighted by molar-refractivity contribution is -0.172. The summed E-state index contributed by atoms with van der Waals surface area (Å²) in [5, 5.41) is 84.3. The third-order valence-corrected chi connectivity index (χ3v) is 36.6. The number of H-pyrrole nitrogens is 6. The molecule has 7 aliphatic heterocycles. The summed E-state index contributed by atoms with van der Waals surface area (Å²) in [7, 11) is 0. The van der Waals surface area contributed by atoms with E-state index in [9.17, 15) is 74.0 Å². The average molecular weight is 2200 g/mol. The van der Waals surface area contributed by atoms with Gasteiger partial charge in [0.05, 0.1) is 80.7 Å². The molecule has 0 spiro atoms. The van der Waals surface area contributed by atoms with Crippen molar-refractivity contribution in [2.75, 3.05) is 124 Å². The molecular weight excluding hydrogens is 2050 g/mol. The van der Waals surface area contributed by atoms with Gasteiger partial charge < -0.3 is 104 Å². The zero-order valence-corrected chi connectivity index (χ0v) is 93.9. The Morgan fingerprint density at radius 3 is 0.986 bits per heavy atom. The topological polar surface area (TPSA) is 608 Å². The number of aromatic amines is 6. The number of nitrogens with zero attached hydrogens (tertiary/aromatic N) is 18. The van der Waals surface area contributed by atoms with Crippen LogP contribution < -0.4 is 33.4 Å². The molecule has 24 atom stereocenters. The molecule has 0 radical (unpaired) electrons. The highest BCUT2D eigenvalue weighted by atomic mass is 35.5. The molecule has 6 unspecified atom stereocenters. The number of rotatable bonds is 24. The lowest BCUT2D eigenvalue weighted by Crippen LogP contribution is -2.43. The number of aliphatic hydroxyl groups is 8. The molecule has 7 saturated heterocycles. The minimum Gasteiger partial charge on any atom is -0.390 e. The summed E-state index contributed by atoms with van der Waals surface area (Å²) < 4.78 is 66.2. The van der Waals surface area contributed by atoms with Crippen LogP contribution >= 0.6 is 52.9 Å². The molecule has 148 heavy (non-hydrogen) atoms. The number of aryl methyl sites for hydroxylation is 6. The molecule has 12 aromatic rings. The molecule has 45 nitrogen and oxygen atoms in total. The Kier molecular flexibility index (Phi) is 33.8. The smallest absolute Gasteiger partial charge is 0.279 e. The summed E-state index contributed by atoms with van der Waals surface area (Å²) in [5.41, 5.74) is -2.89. The fourth-order valence-electron chi connectivity index (χ4n) is 19.0. The van der Waals surface area contributed by atoms with Gasteiger partial charge in [0.1, 0.15) is 100.0 Å². The van der Waals surface area contributed by atoms with Crippen molar-refractivity contribution in [1.29, 1.82) is 0 Å². The Balaban J connectivity index is 0.000000140. The zero-order chi connectivity index (χ0) is 109. The third kappa shape index (κ3) is 25.1. The zero-order valence-electron chi connectivity index (χ0n) is 87.8. The molecule has 0 saturated carbocycles. The van der Waals surface area contributed by atoms with Gasteiger partial charge in [0, 0.05) is 5.92 Å². The normalized spacial score (nSPS) is 29.8. The van der Waals surface area contributed by atoms with Gasteiger partial charge in [0.25, 0.3) is 33.4 Å². The van der Waals surface area contributed by atoms with Crippen LogP contribution in [-0.4, -0.2) is 420 Å². The molecule has 19 rings (SSSR count). The second-order valence-electron chi connectivity index (χ2n) is 44.8. The minimum atomic E-state index is -1.61. The molecule has 0 aromatic carbocycles. The van der Waals surface area contributed by atoms with Crippen molar-refractivity contribution < 1.29 is 78.4 Å². The van der Waals surface area contributed by atoms with E-state index < -0.39 is 174 Å². The number of fused-ring (bicyclic) bond motifs is 8. The van der Waals surface area contributed by atoms with E-state index in [1.165, 1.54) is 59.2 Å². The van der Waals surface area contributed by atoms with Gasteiger partial charge in [0.2, 0.25) is 0 Å². The van der Waals surface area contributed by atoms with Gasteiger partial charge in [-0.3, -0.25) is 56.2 Å². The van der Waals surface area contributed by atoms with E-state index in [4.69, 9.17) is 44.8 Å². The predicted octanol–water partition coefficient (Wildman–Crippen LogP) is 5.96. The molecular formula is C95H144ClFN24O21P6. The van der Waals surface area contributed by atoms with Crippen LogP contribution in [0.15, 0.2) is 66.7 Å². The number of halogens is 2. The fourth-order valence-corrected chi connectivity index (χ4v) is 25.2. The number of hydrogen-bond acceptors (Lipinski definition) is 33.